The SMILES string of the molecule is Cc1nc(NSc2ccccc2Cl)ccc1B1OC(C)(C)C(C)(C)O1. The van der Waals surface area contributed by atoms with Crippen molar-refractivity contribution in [1.82, 2.24) is 4.98 Å². The summed E-state index contributed by atoms with van der Waals surface area (Å²) in [5.41, 5.74) is 1.11. The lowest BCUT2D eigenvalue weighted by Gasteiger charge is -2.32. The fourth-order valence-electron chi connectivity index (χ4n) is 2.48. The normalized spacial score (nSPS) is 18.4. The highest BCUT2D eigenvalue weighted by Gasteiger charge is 2.52. The minimum absolute atomic E-state index is 0.360. The van der Waals surface area contributed by atoms with Crippen LogP contribution in [0.2, 0.25) is 5.02 Å². The quantitative estimate of drug-likeness (QED) is 0.630. The standard InChI is InChI=1S/C18H22BClN2O2S/c1-12-13(19-23-17(2,3)18(4,5)24-19)10-11-16(21-12)22-25-15-9-7-6-8-14(15)20/h6-11H,1-5H3,(H,21,22). The van der Waals surface area contributed by atoms with Gasteiger partial charge in [0.25, 0.3) is 0 Å². The highest BCUT2D eigenvalue weighted by molar-refractivity contribution is 8.00. The van der Waals surface area contributed by atoms with Crippen molar-refractivity contribution >= 4 is 41.9 Å². The maximum atomic E-state index is 6.17. The zero-order valence-corrected chi connectivity index (χ0v) is 16.7. The van der Waals surface area contributed by atoms with Crippen molar-refractivity contribution in [2.75, 3.05) is 4.72 Å². The molecule has 1 aromatic heterocycles. The first-order valence-corrected chi connectivity index (χ1v) is 9.40. The highest BCUT2D eigenvalue weighted by atomic mass is 35.5. The Hall–Kier alpha value is -1.21. The van der Waals surface area contributed by atoms with Crippen LogP contribution in [0.3, 0.4) is 0 Å². The Balaban J connectivity index is 1.73. The van der Waals surface area contributed by atoms with Crippen LogP contribution in [0, 0.1) is 6.92 Å². The molecule has 0 aliphatic carbocycles. The average Bonchev–Trinajstić information content (AvgIpc) is 2.74. The van der Waals surface area contributed by atoms with E-state index in [9.17, 15) is 0 Å². The molecule has 1 saturated heterocycles. The molecule has 1 aromatic carbocycles. The number of nitrogens with zero attached hydrogens (tertiary/aromatic N) is 1. The van der Waals surface area contributed by atoms with Gasteiger partial charge in [0, 0.05) is 16.1 Å². The second kappa shape index (κ2) is 6.84. The Labute approximate surface area is 158 Å². The molecule has 3 rings (SSSR count). The van der Waals surface area contributed by atoms with E-state index in [4.69, 9.17) is 20.9 Å². The summed E-state index contributed by atoms with van der Waals surface area (Å²) < 4.78 is 15.5. The molecule has 2 aromatic rings. The number of rotatable bonds is 4. The van der Waals surface area contributed by atoms with Crippen molar-refractivity contribution in [3.05, 3.63) is 47.1 Å². The molecule has 1 aliphatic rings. The van der Waals surface area contributed by atoms with Crippen molar-refractivity contribution < 1.29 is 9.31 Å². The van der Waals surface area contributed by atoms with Crippen LogP contribution >= 0.6 is 23.5 Å². The van der Waals surface area contributed by atoms with Crippen LogP contribution in [0.25, 0.3) is 0 Å². The molecule has 7 heteroatoms. The van der Waals surface area contributed by atoms with Gasteiger partial charge in [-0.1, -0.05) is 29.8 Å². The van der Waals surface area contributed by atoms with Crippen molar-refractivity contribution in [1.29, 1.82) is 0 Å². The van der Waals surface area contributed by atoms with E-state index >= 15 is 0 Å². The summed E-state index contributed by atoms with van der Waals surface area (Å²) in [7, 11) is -0.400. The van der Waals surface area contributed by atoms with Crippen LogP contribution in [-0.4, -0.2) is 23.3 Å². The largest absolute Gasteiger partial charge is 0.496 e. The second-order valence-electron chi connectivity index (χ2n) is 7.09. The minimum Gasteiger partial charge on any atom is -0.399 e. The molecule has 0 atom stereocenters. The van der Waals surface area contributed by atoms with Gasteiger partial charge in [0.15, 0.2) is 0 Å². The lowest BCUT2D eigenvalue weighted by Crippen LogP contribution is -2.41. The molecule has 0 unspecified atom stereocenters. The van der Waals surface area contributed by atoms with E-state index in [1.165, 1.54) is 11.9 Å². The third kappa shape index (κ3) is 3.82. The summed E-state index contributed by atoms with van der Waals surface area (Å²) in [6.07, 6.45) is 0. The number of benzene rings is 1. The minimum atomic E-state index is -0.400. The van der Waals surface area contributed by atoms with Crippen molar-refractivity contribution in [2.45, 2.75) is 50.7 Å². The van der Waals surface area contributed by atoms with Gasteiger partial charge in [-0.2, -0.15) is 0 Å². The van der Waals surface area contributed by atoms with Crippen LogP contribution in [-0.2, 0) is 9.31 Å². The van der Waals surface area contributed by atoms with Crippen LogP contribution in [0.5, 0.6) is 0 Å². The number of hydrogen-bond acceptors (Lipinski definition) is 5. The monoisotopic (exact) mass is 376 g/mol. The van der Waals surface area contributed by atoms with E-state index < -0.39 is 7.12 Å². The van der Waals surface area contributed by atoms with Crippen LogP contribution in [0.1, 0.15) is 33.4 Å². The van der Waals surface area contributed by atoms with E-state index in [1.807, 2.05) is 71.0 Å². The molecular weight excluding hydrogens is 355 g/mol. The molecule has 132 valence electrons. The molecular formula is C18H22BClN2O2S. The molecule has 0 spiro atoms. The number of pyridine rings is 1. The Morgan fingerprint density at radius 2 is 1.68 bits per heavy atom. The summed E-state index contributed by atoms with van der Waals surface area (Å²) in [6.45, 7) is 10.2. The van der Waals surface area contributed by atoms with E-state index in [0.717, 1.165) is 21.9 Å². The van der Waals surface area contributed by atoms with Gasteiger partial charge in [0.1, 0.15) is 5.82 Å². The lowest BCUT2D eigenvalue weighted by atomic mass is 9.78. The smallest absolute Gasteiger partial charge is 0.399 e. The summed E-state index contributed by atoms with van der Waals surface area (Å²) in [6, 6.07) is 11.6. The molecule has 1 N–H and O–H groups in total. The van der Waals surface area contributed by atoms with Gasteiger partial charge in [0.2, 0.25) is 0 Å². The zero-order chi connectivity index (χ0) is 18.2. The van der Waals surface area contributed by atoms with Gasteiger partial charge < -0.3 is 14.0 Å². The second-order valence-corrected chi connectivity index (χ2v) is 8.35. The van der Waals surface area contributed by atoms with E-state index in [2.05, 4.69) is 9.71 Å². The Bertz CT molecular complexity index is 769. The van der Waals surface area contributed by atoms with E-state index in [-0.39, 0.29) is 11.2 Å². The predicted molar refractivity (Wildman–Crippen MR) is 106 cm³/mol. The van der Waals surface area contributed by atoms with Gasteiger partial charge in [-0.25, -0.2) is 4.98 Å². The molecule has 1 fully saturated rings. The Morgan fingerprint density at radius 1 is 1.04 bits per heavy atom. The number of nitrogens with one attached hydrogen (secondary N) is 1. The molecule has 0 amide bonds. The maximum Gasteiger partial charge on any atom is 0.496 e. The highest BCUT2D eigenvalue weighted by Crippen LogP contribution is 2.36. The predicted octanol–water partition coefficient (Wildman–Crippen LogP) is 4.46. The summed E-state index contributed by atoms with van der Waals surface area (Å²) in [5.74, 6) is 0.766. The van der Waals surface area contributed by atoms with Crippen molar-refractivity contribution in [3.8, 4) is 0 Å². The molecule has 0 saturated carbocycles. The number of aromatic nitrogens is 1. The average molecular weight is 377 g/mol. The summed E-state index contributed by atoms with van der Waals surface area (Å²) in [4.78, 5) is 5.58. The van der Waals surface area contributed by atoms with E-state index in [0.29, 0.717) is 5.02 Å². The summed E-state index contributed by atoms with van der Waals surface area (Å²) in [5, 5.41) is 0.713. The maximum absolute atomic E-state index is 6.17. The van der Waals surface area contributed by atoms with Crippen LogP contribution < -0.4 is 10.2 Å². The molecule has 1 aliphatic heterocycles. The van der Waals surface area contributed by atoms with E-state index in [1.54, 1.807) is 0 Å². The number of aryl methyl sites for hydroxylation is 1. The Kier molecular flexibility index (Phi) is 5.08. The first kappa shape index (κ1) is 18.6. The van der Waals surface area contributed by atoms with Gasteiger partial charge in [-0.3, -0.25) is 0 Å². The fraction of sp³-hybridized carbons (Fsp3) is 0.389. The molecule has 0 bridgehead atoms. The number of hydrogen-bond donors (Lipinski definition) is 1. The lowest BCUT2D eigenvalue weighted by molar-refractivity contribution is 0.00578. The van der Waals surface area contributed by atoms with Gasteiger partial charge in [0.05, 0.1) is 16.2 Å². The molecule has 2 heterocycles. The Morgan fingerprint density at radius 3 is 2.28 bits per heavy atom. The van der Waals surface area contributed by atoms with Gasteiger partial charge >= 0.3 is 7.12 Å². The molecule has 0 radical (unpaired) electrons. The van der Waals surface area contributed by atoms with Crippen molar-refractivity contribution in [3.63, 3.8) is 0 Å². The first-order chi connectivity index (χ1) is 11.7. The third-order valence-corrected chi connectivity index (χ3v) is 6.06. The zero-order valence-electron chi connectivity index (χ0n) is 15.1. The van der Waals surface area contributed by atoms with Crippen LogP contribution in [0.4, 0.5) is 5.82 Å². The topological polar surface area (TPSA) is 43.4 Å². The van der Waals surface area contributed by atoms with Gasteiger partial charge in [-0.05, 0) is 64.8 Å². The van der Waals surface area contributed by atoms with Gasteiger partial charge in [-0.15, -0.1) is 0 Å². The molecule has 4 nitrogen and oxygen atoms in total. The molecule has 25 heavy (non-hydrogen) atoms. The van der Waals surface area contributed by atoms with Crippen molar-refractivity contribution in [2.24, 2.45) is 0 Å². The third-order valence-electron chi connectivity index (χ3n) is 4.74. The van der Waals surface area contributed by atoms with Crippen LogP contribution in [0.15, 0.2) is 41.3 Å². The number of anilines is 1. The summed E-state index contributed by atoms with van der Waals surface area (Å²) >= 11 is 7.61. The first-order valence-electron chi connectivity index (χ1n) is 8.20. The fourth-order valence-corrected chi connectivity index (χ4v) is 3.37. The number of halogens is 1.